The molecule has 0 unspecified atom stereocenters. The molecule has 1 saturated carbocycles. The normalized spacial score (nSPS) is 15.1. The zero-order valence-corrected chi connectivity index (χ0v) is 20.3. The van der Waals surface area contributed by atoms with Gasteiger partial charge in [-0.2, -0.15) is 11.3 Å². The number of ketones is 1. The summed E-state index contributed by atoms with van der Waals surface area (Å²) in [6.45, 7) is 4.42. The molecule has 5 nitrogen and oxygen atoms in total. The number of rotatable bonds is 8. The van der Waals surface area contributed by atoms with E-state index in [4.69, 9.17) is 0 Å². The molecule has 2 heterocycles. The van der Waals surface area contributed by atoms with Crippen LogP contribution in [0.1, 0.15) is 59.3 Å². The lowest BCUT2D eigenvalue weighted by molar-refractivity contribution is -0.125. The largest absolute Gasteiger partial charge is 0.353 e. The minimum Gasteiger partial charge on any atom is -0.353 e. The predicted molar refractivity (Wildman–Crippen MR) is 134 cm³/mol. The van der Waals surface area contributed by atoms with E-state index in [0.29, 0.717) is 18.2 Å². The Kier molecular flexibility index (Phi) is 5.86. The quantitative estimate of drug-likeness (QED) is 0.504. The number of nitrogens with one attached hydrogen (secondary N) is 2. The van der Waals surface area contributed by atoms with Crippen LogP contribution in [0.25, 0.3) is 11.1 Å². The molecular weight excluding hydrogens is 444 g/mol. The smallest absolute Gasteiger partial charge is 0.251 e. The highest BCUT2D eigenvalue weighted by atomic mass is 32.1. The molecule has 1 aliphatic carbocycles. The van der Waals surface area contributed by atoms with E-state index in [1.165, 1.54) is 0 Å². The predicted octanol–water partition coefficient (Wildman–Crippen LogP) is 4.57. The highest BCUT2D eigenvalue weighted by Crippen LogP contribution is 2.33. The van der Waals surface area contributed by atoms with Crippen molar-refractivity contribution in [2.45, 2.75) is 57.5 Å². The Bertz CT molecular complexity index is 1270. The number of carbonyl (C=O) groups excluding carboxylic acids is 3. The molecule has 0 atom stereocenters. The first-order chi connectivity index (χ1) is 16.3. The van der Waals surface area contributed by atoms with Crippen LogP contribution in [0.3, 0.4) is 0 Å². The molecule has 0 saturated heterocycles. The van der Waals surface area contributed by atoms with Gasteiger partial charge in [0.25, 0.3) is 5.91 Å². The van der Waals surface area contributed by atoms with Gasteiger partial charge in [0.1, 0.15) is 5.78 Å². The van der Waals surface area contributed by atoms with Crippen molar-refractivity contribution >= 4 is 28.9 Å². The molecule has 0 spiro atoms. The number of amides is 2. The Labute approximate surface area is 203 Å². The van der Waals surface area contributed by atoms with Crippen molar-refractivity contribution in [3.63, 3.8) is 0 Å². The molecule has 1 aromatic heterocycles. The summed E-state index contributed by atoms with van der Waals surface area (Å²) in [4.78, 5) is 38.1. The lowest BCUT2D eigenvalue weighted by Gasteiger charge is -2.25. The maximum absolute atomic E-state index is 13.2. The van der Waals surface area contributed by atoms with E-state index in [9.17, 15) is 14.4 Å². The summed E-state index contributed by atoms with van der Waals surface area (Å²) in [6.07, 6.45) is 2.62. The first-order valence-corrected chi connectivity index (χ1v) is 12.6. The topological polar surface area (TPSA) is 75.3 Å². The second kappa shape index (κ2) is 8.84. The Morgan fingerprint density at radius 2 is 1.88 bits per heavy atom. The molecule has 2 aliphatic rings. The van der Waals surface area contributed by atoms with Gasteiger partial charge >= 0.3 is 0 Å². The van der Waals surface area contributed by atoms with E-state index < -0.39 is 5.41 Å². The molecule has 34 heavy (non-hydrogen) atoms. The second-order valence-corrected chi connectivity index (χ2v) is 10.6. The fourth-order valence-corrected chi connectivity index (χ4v) is 5.08. The van der Waals surface area contributed by atoms with Crippen LogP contribution < -0.4 is 10.6 Å². The zero-order valence-electron chi connectivity index (χ0n) is 19.4. The monoisotopic (exact) mass is 472 g/mol. The van der Waals surface area contributed by atoms with Crippen molar-refractivity contribution in [3.8, 4) is 11.1 Å². The Morgan fingerprint density at radius 1 is 1.06 bits per heavy atom. The first kappa shape index (κ1) is 22.5. The summed E-state index contributed by atoms with van der Waals surface area (Å²) in [5, 5.41) is 10.0. The van der Waals surface area contributed by atoms with Gasteiger partial charge in [0.15, 0.2) is 0 Å². The number of fused-ring (bicyclic) bond motifs is 1. The van der Waals surface area contributed by atoms with Gasteiger partial charge in [0, 0.05) is 31.0 Å². The molecule has 174 valence electrons. The minimum absolute atomic E-state index is 0.0203. The second-order valence-electron chi connectivity index (χ2n) is 9.82. The van der Waals surface area contributed by atoms with Crippen LogP contribution in [0.15, 0.2) is 53.2 Å². The molecule has 2 amide bonds. The number of thiophene rings is 1. The summed E-state index contributed by atoms with van der Waals surface area (Å²) in [5.41, 5.74) is 5.71. The zero-order chi connectivity index (χ0) is 23.9. The summed E-state index contributed by atoms with van der Waals surface area (Å²) in [5.74, 6) is 0.0163. The van der Waals surface area contributed by atoms with Gasteiger partial charge < -0.3 is 10.6 Å². The van der Waals surface area contributed by atoms with Crippen LogP contribution in [0, 0.1) is 0 Å². The summed E-state index contributed by atoms with van der Waals surface area (Å²) < 4.78 is 0. The number of hydrogen-bond acceptors (Lipinski definition) is 4. The fraction of sp³-hybridized carbons (Fsp3) is 0.321. The maximum Gasteiger partial charge on any atom is 0.251 e. The third-order valence-electron chi connectivity index (χ3n) is 6.79. The van der Waals surface area contributed by atoms with E-state index in [1.54, 1.807) is 11.3 Å². The minimum atomic E-state index is -0.694. The van der Waals surface area contributed by atoms with Crippen LogP contribution in [-0.2, 0) is 34.4 Å². The molecule has 1 aliphatic heterocycles. The van der Waals surface area contributed by atoms with Crippen molar-refractivity contribution in [1.82, 2.24) is 10.6 Å². The first-order valence-electron chi connectivity index (χ1n) is 11.7. The number of benzene rings is 2. The van der Waals surface area contributed by atoms with E-state index in [0.717, 1.165) is 46.2 Å². The average Bonchev–Trinajstić information content (AvgIpc) is 3.31. The maximum atomic E-state index is 13.2. The molecule has 3 aromatic rings. The van der Waals surface area contributed by atoms with Crippen LogP contribution >= 0.6 is 11.3 Å². The summed E-state index contributed by atoms with van der Waals surface area (Å²) in [7, 11) is 0. The molecule has 6 heteroatoms. The lowest BCUT2D eigenvalue weighted by Crippen LogP contribution is -2.41. The molecule has 0 bridgehead atoms. The number of Topliss-reactive ketones (excluding diaryl/α,β-unsaturated/α-hetero) is 1. The number of carbonyl (C=O) groups is 3. The third kappa shape index (κ3) is 4.55. The van der Waals surface area contributed by atoms with E-state index in [1.807, 2.05) is 55.6 Å². The lowest BCUT2D eigenvalue weighted by atomic mass is 9.81. The summed E-state index contributed by atoms with van der Waals surface area (Å²) in [6, 6.07) is 14.1. The van der Waals surface area contributed by atoms with Crippen molar-refractivity contribution in [2.24, 2.45) is 0 Å². The van der Waals surface area contributed by atoms with Gasteiger partial charge in [-0.1, -0.05) is 30.3 Å². The van der Waals surface area contributed by atoms with E-state index >= 15 is 0 Å². The van der Waals surface area contributed by atoms with E-state index in [2.05, 4.69) is 22.1 Å². The van der Waals surface area contributed by atoms with Crippen molar-refractivity contribution in [3.05, 3.63) is 81.0 Å². The van der Waals surface area contributed by atoms with Crippen LogP contribution in [-0.4, -0.2) is 23.6 Å². The Balaban J connectivity index is 1.41. The van der Waals surface area contributed by atoms with Gasteiger partial charge in [-0.05, 0) is 83.0 Å². The van der Waals surface area contributed by atoms with Gasteiger partial charge in [0.2, 0.25) is 5.91 Å². The molecule has 2 N–H and O–H groups in total. The van der Waals surface area contributed by atoms with Gasteiger partial charge in [-0.15, -0.1) is 0 Å². The van der Waals surface area contributed by atoms with Gasteiger partial charge in [0.05, 0.1) is 5.41 Å². The Hall–Kier alpha value is -3.25. The highest BCUT2D eigenvalue weighted by Gasteiger charge is 2.34. The molecule has 1 fully saturated rings. The molecular formula is C28H28N2O3S. The van der Waals surface area contributed by atoms with Gasteiger partial charge in [-0.25, -0.2) is 0 Å². The summed E-state index contributed by atoms with van der Waals surface area (Å²) >= 11 is 1.62. The van der Waals surface area contributed by atoms with Crippen LogP contribution in [0.5, 0.6) is 0 Å². The third-order valence-corrected chi connectivity index (χ3v) is 7.47. The molecule has 0 radical (unpaired) electrons. The fourth-order valence-electron chi connectivity index (χ4n) is 4.43. The average molecular weight is 473 g/mol. The van der Waals surface area contributed by atoms with E-state index in [-0.39, 0.29) is 30.4 Å². The van der Waals surface area contributed by atoms with Crippen molar-refractivity contribution in [2.75, 3.05) is 0 Å². The van der Waals surface area contributed by atoms with Crippen molar-refractivity contribution in [1.29, 1.82) is 0 Å². The highest BCUT2D eigenvalue weighted by molar-refractivity contribution is 7.08. The SMILES string of the molecule is CC(C)(C(=O)NC1CC1)c1ccc(-c2ccsc2)c(CC(=O)Cc2ccc3c(c2)C(=O)NC3)c1. The van der Waals surface area contributed by atoms with Crippen LogP contribution in [0.2, 0.25) is 0 Å². The van der Waals surface area contributed by atoms with Crippen LogP contribution in [0.4, 0.5) is 0 Å². The van der Waals surface area contributed by atoms with Gasteiger partial charge in [-0.3, -0.25) is 14.4 Å². The van der Waals surface area contributed by atoms with Crippen molar-refractivity contribution < 1.29 is 14.4 Å². The molecule has 2 aromatic carbocycles. The molecule has 5 rings (SSSR count). The Morgan fingerprint density at radius 3 is 2.62 bits per heavy atom. The number of hydrogen-bond donors (Lipinski definition) is 2. The standard InChI is InChI=1S/C28H28N2O3S/c1-28(2,27(33)30-22-6-7-22)21-5-8-24(19-9-10-34-16-19)20(13-21)14-23(31)11-17-3-4-18-15-29-26(32)25(18)12-17/h3-5,8-10,12-13,16,22H,6-7,11,14-15H2,1-2H3,(H,29,32)(H,30,33).